The molecule has 0 N–H and O–H groups in total. The molecule has 13 heavy (non-hydrogen) atoms. The molecule has 0 spiro atoms. The van der Waals surface area contributed by atoms with E-state index in [9.17, 15) is 4.79 Å². The van der Waals surface area contributed by atoms with E-state index < -0.39 is 5.92 Å². The van der Waals surface area contributed by atoms with Gasteiger partial charge < -0.3 is 4.74 Å². The van der Waals surface area contributed by atoms with Crippen molar-refractivity contribution in [2.24, 2.45) is 5.92 Å². The van der Waals surface area contributed by atoms with Crippen LogP contribution in [0.4, 0.5) is 0 Å². The summed E-state index contributed by atoms with van der Waals surface area (Å²) in [4.78, 5) is 11.4. The van der Waals surface area contributed by atoms with E-state index in [1.54, 1.807) is 6.26 Å². The second-order valence-corrected chi connectivity index (χ2v) is 3.32. The van der Waals surface area contributed by atoms with Crippen molar-refractivity contribution in [3.63, 3.8) is 0 Å². The van der Waals surface area contributed by atoms with Crippen LogP contribution in [-0.4, -0.2) is 12.4 Å². The van der Waals surface area contributed by atoms with Gasteiger partial charge in [-0.2, -0.15) is 5.26 Å². The Balaban J connectivity index is 2.49. The van der Waals surface area contributed by atoms with Crippen molar-refractivity contribution in [1.82, 2.24) is 0 Å². The van der Waals surface area contributed by atoms with Crippen molar-refractivity contribution < 1.29 is 9.53 Å². The van der Waals surface area contributed by atoms with Crippen molar-refractivity contribution in [3.05, 3.63) is 23.0 Å². The fourth-order valence-corrected chi connectivity index (χ4v) is 1.78. The molecule has 1 atom stereocenters. The fourth-order valence-electron chi connectivity index (χ4n) is 1.78. The molecule has 2 aliphatic rings. The number of hydrogen-bond acceptors (Lipinski definition) is 3. The molecule has 1 aliphatic carbocycles. The molecule has 1 unspecified atom stereocenters. The van der Waals surface area contributed by atoms with Crippen LogP contribution >= 0.6 is 0 Å². The van der Waals surface area contributed by atoms with E-state index >= 15 is 0 Å². The lowest BCUT2D eigenvalue weighted by Crippen LogP contribution is -2.21. The Morgan fingerprint density at radius 1 is 1.69 bits per heavy atom. The van der Waals surface area contributed by atoms with Crippen molar-refractivity contribution >= 4 is 5.78 Å². The molecule has 1 heterocycles. The molecule has 0 amide bonds. The maximum atomic E-state index is 11.4. The van der Waals surface area contributed by atoms with Crippen molar-refractivity contribution in [3.8, 4) is 6.07 Å². The van der Waals surface area contributed by atoms with Gasteiger partial charge in [-0.15, -0.1) is 0 Å². The predicted octanol–water partition coefficient (Wildman–Crippen LogP) is 1.33. The summed E-state index contributed by atoms with van der Waals surface area (Å²) >= 11 is 0. The number of rotatable bonds is 0. The number of nitrogens with zero attached hydrogens (tertiary/aromatic N) is 1. The summed E-state index contributed by atoms with van der Waals surface area (Å²) in [5.41, 5.74) is 2.86. The molecule has 66 valence electrons. The molecule has 1 aliphatic heterocycles. The highest BCUT2D eigenvalue weighted by Crippen LogP contribution is 2.34. The highest BCUT2D eigenvalue weighted by molar-refractivity contribution is 5.91. The third-order valence-electron chi connectivity index (χ3n) is 2.57. The van der Waals surface area contributed by atoms with Crippen molar-refractivity contribution in [1.29, 1.82) is 5.26 Å². The normalized spacial score (nSPS) is 26.3. The minimum atomic E-state index is -0.547. The topological polar surface area (TPSA) is 50.1 Å². The number of fused-ring (bicyclic) bond motifs is 1. The standard InChI is InChI=1S/C10H9NO2/c1-6-8(3-11)10(12)2-7-4-13-5-9(6)7/h4,8H,2,5H2,1H3. The summed E-state index contributed by atoms with van der Waals surface area (Å²) in [5, 5.41) is 8.79. The summed E-state index contributed by atoms with van der Waals surface area (Å²) < 4.78 is 5.12. The molecule has 0 saturated carbocycles. The quantitative estimate of drug-likeness (QED) is 0.558. The van der Waals surface area contributed by atoms with Crippen molar-refractivity contribution in [2.45, 2.75) is 13.3 Å². The first kappa shape index (κ1) is 8.06. The van der Waals surface area contributed by atoms with Crippen molar-refractivity contribution in [2.75, 3.05) is 6.61 Å². The minimum Gasteiger partial charge on any atom is -0.496 e. The molecule has 0 aromatic rings. The largest absolute Gasteiger partial charge is 0.496 e. The van der Waals surface area contributed by atoms with Gasteiger partial charge in [-0.3, -0.25) is 4.79 Å². The zero-order chi connectivity index (χ0) is 9.42. The van der Waals surface area contributed by atoms with Gasteiger partial charge in [0, 0.05) is 12.0 Å². The Hall–Kier alpha value is -1.56. The summed E-state index contributed by atoms with van der Waals surface area (Å²) in [6.07, 6.45) is 1.98. The maximum Gasteiger partial charge on any atom is 0.158 e. The second-order valence-electron chi connectivity index (χ2n) is 3.32. The third kappa shape index (κ3) is 1.06. The van der Waals surface area contributed by atoms with Crippen LogP contribution in [0.1, 0.15) is 13.3 Å². The molecule has 3 heteroatoms. The van der Waals surface area contributed by atoms with E-state index in [1.165, 1.54) is 0 Å². The zero-order valence-corrected chi connectivity index (χ0v) is 7.33. The molecular formula is C10H9NO2. The number of hydrogen-bond donors (Lipinski definition) is 0. The highest BCUT2D eigenvalue weighted by Gasteiger charge is 2.32. The van der Waals surface area contributed by atoms with E-state index in [0.29, 0.717) is 13.0 Å². The number of Topliss-reactive ketones (excluding diaryl/α,β-unsaturated/α-hetero) is 1. The fraction of sp³-hybridized carbons (Fsp3) is 0.400. The highest BCUT2D eigenvalue weighted by atomic mass is 16.5. The Labute approximate surface area is 76.3 Å². The van der Waals surface area contributed by atoms with Crippen LogP contribution in [0, 0.1) is 17.2 Å². The Morgan fingerprint density at radius 3 is 3.15 bits per heavy atom. The SMILES string of the molecule is CC1=C2COC=C2CC(=O)C1C#N. The van der Waals surface area contributed by atoms with Gasteiger partial charge in [-0.25, -0.2) is 0 Å². The molecule has 0 bridgehead atoms. The average Bonchev–Trinajstić information content (AvgIpc) is 2.53. The van der Waals surface area contributed by atoms with E-state index in [1.807, 2.05) is 13.0 Å². The summed E-state index contributed by atoms with van der Waals surface area (Å²) in [7, 11) is 0. The van der Waals surface area contributed by atoms with Crippen LogP contribution in [-0.2, 0) is 9.53 Å². The first-order valence-electron chi connectivity index (χ1n) is 4.17. The van der Waals surface area contributed by atoms with Gasteiger partial charge in [0.1, 0.15) is 12.5 Å². The molecule has 0 aromatic heterocycles. The van der Waals surface area contributed by atoms with Crippen LogP contribution in [0.2, 0.25) is 0 Å². The number of carbonyl (C=O) groups is 1. The van der Waals surface area contributed by atoms with E-state index in [-0.39, 0.29) is 5.78 Å². The first-order chi connectivity index (χ1) is 6.24. The third-order valence-corrected chi connectivity index (χ3v) is 2.57. The van der Waals surface area contributed by atoms with Crippen LogP contribution in [0.3, 0.4) is 0 Å². The number of ketones is 1. The first-order valence-corrected chi connectivity index (χ1v) is 4.17. The van der Waals surface area contributed by atoms with Gasteiger partial charge in [0.25, 0.3) is 0 Å². The van der Waals surface area contributed by atoms with Gasteiger partial charge in [0.2, 0.25) is 0 Å². The van der Waals surface area contributed by atoms with Gasteiger partial charge in [0.15, 0.2) is 5.78 Å². The van der Waals surface area contributed by atoms with E-state index in [0.717, 1.165) is 16.7 Å². The predicted molar refractivity (Wildman–Crippen MR) is 45.5 cm³/mol. The van der Waals surface area contributed by atoms with E-state index in [4.69, 9.17) is 10.00 Å². The van der Waals surface area contributed by atoms with Gasteiger partial charge in [0.05, 0.1) is 12.3 Å². The van der Waals surface area contributed by atoms with Crippen LogP contribution in [0.5, 0.6) is 0 Å². The Morgan fingerprint density at radius 2 is 2.46 bits per heavy atom. The number of ether oxygens (including phenoxy) is 1. The number of allylic oxidation sites excluding steroid dienone is 1. The zero-order valence-electron chi connectivity index (χ0n) is 7.33. The second kappa shape index (κ2) is 2.74. The Kier molecular flexibility index (Phi) is 1.70. The number of nitriles is 1. The van der Waals surface area contributed by atoms with Crippen LogP contribution < -0.4 is 0 Å². The summed E-state index contributed by atoms with van der Waals surface area (Å²) in [5.74, 6) is -0.561. The summed E-state index contributed by atoms with van der Waals surface area (Å²) in [6.45, 7) is 2.36. The average molecular weight is 175 g/mol. The lowest BCUT2D eigenvalue weighted by atomic mass is 9.81. The molecule has 3 nitrogen and oxygen atoms in total. The van der Waals surface area contributed by atoms with Gasteiger partial charge in [-0.05, 0) is 18.1 Å². The van der Waals surface area contributed by atoms with Gasteiger partial charge >= 0.3 is 0 Å². The molecule has 2 rings (SSSR count). The van der Waals surface area contributed by atoms with Gasteiger partial charge in [-0.1, -0.05) is 0 Å². The monoisotopic (exact) mass is 175 g/mol. The molecule has 0 aromatic carbocycles. The Bertz CT molecular complexity index is 371. The minimum absolute atomic E-state index is 0.0134. The van der Waals surface area contributed by atoms with Crippen LogP contribution in [0.25, 0.3) is 0 Å². The molecular weight excluding hydrogens is 166 g/mol. The summed E-state index contributed by atoms with van der Waals surface area (Å²) in [6, 6.07) is 2.03. The molecule has 0 fully saturated rings. The number of carbonyl (C=O) groups excluding carboxylic acids is 1. The molecule has 0 radical (unpaired) electrons. The smallest absolute Gasteiger partial charge is 0.158 e. The van der Waals surface area contributed by atoms with E-state index in [2.05, 4.69) is 0 Å². The lowest BCUT2D eigenvalue weighted by molar-refractivity contribution is -0.120. The maximum absolute atomic E-state index is 11.4. The lowest BCUT2D eigenvalue weighted by Gasteiger charge is -2.18. The van der Waals surface area contributed by atoms with Crippen LogP contribution in [0.15, 0.2) is 23.0 Å². The molecule has 0 saturated heterocycles.